The van der Waals surface area contributed by atoms with Gasteiger partial charge in [-0.15, -0.1) is 0 Å². The normalized spacial score (nSPS) is 26.7. The summed E-state index contributed by atoms with van der Waals surface area (Å²) in [6.45, 7) is 3.36. The molecular formula is C10H14ClN3O. The molecule has 0 aliphatic carbocycles. The van der Waals surface area contributed by atoms with Gasteiger partial charge in [0.25, 0.3) is 0 Å². The molecule has 1 fully saturated rings. The smallest absolute Gasteiger partial charge is 0.147 e. The zero-order valence-electron chi connectivity index (χ0n) is 8.65. The molecule has 0 spiro atoms. The van der Waals surface area contributed by atoms with Gasteiger partial charge in [-0.25, -0.2) is 9.97 Å². The molecule has 82 valence electrons. The van der Waals surface area contributed by atoms with Gasteiger partial charge < -0.3 is 10.0 Å². The maximum Gasteiger partial charge on any atom is 0.147 e. The average Bonchev–Trinajstić information content (AvgIpc) is 2.17. The quantitative estimate of drug-likeness (QED) is 0.790. The van der Waals surface area contributed by atoms with Gasteiger partial charge in [-0.2, -0.15) is 0 Å². The van der Waals surface area contributed by atoms with Gasteiger partial charge in [0, 0.05) is 13.1 Å². The second kappa shape index (κ2) is 3.94. The Bertz CT molecular complexity index is 339. The summed E-state index contributed by atoms with van der Waals surface area (Å²) in [7, 11) is 0. The highest BCUT2D eigenvalue weighted by Gasteiger charge is 2.28. The van der Waals surface area contributed by atoms with Crippen molar-refractivity contribution in [3.63, 3.8) is 0 Å². The van der Waals surface area contributed by atoms with Crippen LogP contribution < -0.4 is 4.90 Å². The molecule has 1 aliphatic rings. The molecule has 2 rings (SSSR count). The average molecular weight is 228 g/mol. The van der Waals surface area contributed by atoms with Crippen molar-refractivity contribution in [2.75, 3.05) is 18.0 Å². The fourth-order valence-corrected chi connectivity index (χ4v) is 1.98. The lowest BCUT2D eigenvalue weighted by atomic mass is 9.95. The molecule has 0 radical (unpaired) electrons. The van der Waals surface area contributed by atoms with Crippen LogP contribution in [-0.4, -0.2) is 33.8 Å². The highest BCUT2D eigenvalue weighted by Crippen LogP contribution is 2.23. The van der Waals surface area contributed by atoms with E-state index in [1.54, 1.807) is 6.20 Å². The first kappa shape index (κ1) is 10.6. The summed E-state index contributed by atoms with van der Waals surface area (Å²) in [5, 5.41) is 10.3. The van der Waals surface area contributed by atoms with Gasteiger partial charge in [-0.1, -0.05) is 11.6 Å². The predicted octanol–water partition coefficient (Wildman–Crippen LogP) is 1.48. The van der Waals surface area contributed by atoms with Crippen LogP contribution in [0, 0.1) is 0 Å². The molecule has 1 saturated heterocycles. The molecule has 1 aromatic heterocycles. The molecule has 0 aromatic carbocycles. The number of hydrogen-bond donors (Lipinski definition) is 1. The second-order valence-corrected chi connectivity index (χ2v) is 4.61. The molecule has 15 heavy (non-hydrogen) atoms. The van der Waals surface area contributed by atoms with Crippen LogP contribution >= 0.6 is 11.6 Å². The van der Waals surface area contributed by atoms with E-state index in [2.05, 4.69) is 9.97 Å². The van der Waals surface area contributed by atoms with E-state index in [4.69, 9.17) is 11.6 Å². The summed E-state index contributed by atoms with van der Waals surface area (Å²) < 4.78 is 0. The Morgan fingerprint density at radius 3 is 2.87 bits per heavy atom. The molecule has 1 unspecified atom stereocenters. The number of aromatic nitrogens is 2. The zero-order chi connectivity index (χ0) is 10.9. The minimum Gasteiger partial charge on any atom is -0.388 e. The third kappa shape index (κ3) is 2.58. The van der Waals surface area contributed by atoms with E-state index in [1.165, 1.54) is 6.20 Å². The predicted molar refractivity (Wildman–Crippen MR) is 59.1 cm³/mol. The fraction of sp³-hybridized carbons (Fsp3) is 0.600. The van der Waals surface area contributed by atoms with Crippen molar-refractivity contribution in [2.24, 2.45) is 0 Å². The molecule has 1 aliphatic heterocycles. The van der Waals surface area contributed by atoms with Crippen molar-refractivity contribution >= 4 is 17.4 Å². The Balaban J connectivity index is 2.13. The third-order valence-electron chi connectivity index (χ3n) is 2.61. The Labute approximate surface area is 93.9 Å². The Kier molecular flexibility index (Phi) is 2.80. The van der Waals surface area contributed by atoms with E-state index in [1.807, 2.05) is 11.8 Å². The monoisotopic (exact) mass is 227 g/mol. The lowest BCUT2D eigenvalue weighted by molar-refractivity contribution is 0.0447. The van der Waals surface area contributed by atoms with E-state index in [0.29, 0.717) is 11.7 Å². The minimum atomic E-state index is -0.625. The van der Waals surface area contributed by atoms with E-state index in [0.717, 1.165) is 25.2 Å². The van der Waals surface area contributed by atoms with E-state index < -0.39 is 5.60 Å². The summed E-state index contributed by atoms with van der Waals surface area (Å²) in [5.41, 5.74) is -0.625. The highest BCUT2D eigenvalue weighted by atomic mass is 35.5. The summed E-state index contributed by atoms with van der Waals surface area (Å²) in [6.07, 6.45) is 4.98. The van der Waals surface area contributed by atoms with Gasteiger partial charge in [0.05, 0.1) is 18.0 Å². The Hall–Kier alpha value is -0.870. The lowest BCUT2D eigenvalue weighted by Crippen LogP contribution is -2.46. The summed E-state index contributed by atoms with van der Waals surface area (Å²) >= 11 is 5.67. The number of nitrogens with zero attached hydrogens (tertiary/aromatic N) is 3. The maximum atomic E-state index is 9.94. The lowest BCUT2D eigenvalue weighted by Gasteiger charge is -2.37. The number of hydrogen-bond acceptors (Lipinski definition) is 4. The topological polar surface area (TPSA) is 49.2 Å². The molecular weight excluding hydrogens is 214 g/mol. The van der Waals surface area contributed by atoms with Crippen molar-refractivity contribution in [3.05, 3.63) is 17.5 Å². The largest absolute Gasteiger partial charge is 0.388 e. The summed E-state index contributed by atoms with van der Waals surface area (Å²) in [6, 6.07) is 0. The second-order valence-electron chi connectivity index (χ2n) is 4.22. The standard InChI is InChI=1S/C10H14ClN3O/c1-10(15)3-2-4-14(7-10)9-6-12-8(11)5-13-9/h5-6,15H,2-4,7H2,1H3. The van der Waals surface area contributed by atoms with E-state index >= 15 is 0 Å². The molecule has 2 heterocycles. The van der Waals surface area contributed by atoms with Gasteiger partial charge in [0.1, 0.15) is 11.0 Å². The minimum absolute atomic E-state index is 0.391. The molecule has 1 atom stereocenters. The molecule has 4 nitrogen and oxygen atoms in total. The van der Waals surface area contributed by atoms with Gasteiger partial charge in [0.15, 0.2) is 0 Å². The van der Waals surface area contributed by atoms with Crippen molar-refractivity contribution in [3.8, 4) is 0 Å². The van der Waals surface area contributed by atoms with E-state index in [-0.39, 0.29) is 0 Å². The first-order valence-corrected chi connectivity index (χ1v) is 5.39. The first-order chi connectivity index (χ1) is 7.07. The fourth-order valence-electron chi connectivity index (χ4n) is 1.88. The van der Waals surface area contributed by atoms with Crippen LogP contribution in [-0.2, 0) is 0 Å². The maximum absolute atomic E-state index is 9.94. The Morgan fingerprint density at radius 1 is 1.47 bits per heavy atom. The van der Waals surface area contributed by atoms with Gasteiger partial charge in [-0.3, -0.25) is 0 Å². The van der Waals surface area contributed by atoms with Crippen molar-refractivity contribution < 1.29 is 5.11 Å². The van der Waals surface area contributed by atoms with Crippen LogP contribution in [0.25, 0.3) is 0 Å². The summed E-state index contributed by atoms with van der Waals surface area (Å²) in [5.74, 6) is 0.777. The van der Waals surface area contributed by atoms with Crippen LogP contribution in [0.1, 0.15) is 19.8 Å². The van der Waals surface area contributed by atoms with Crippen LogP contribution in [0.15, 0.2) is 12.4 Å². The first-order valence-electron chi connectivity index (χ1n) is 5.02. The SMILES string of the molecule is CC1(O)CCCN(c2cnc(Cl)cn2)C1. The molecule has 0 amide bonds. The highest BCUT2D eigenvalue weighted by molar-refractivity contribution is 6.29. The van der Waals surface area contributed by atoms with Crippen molar-refractivity contribution in [1.29, 1.82) is 0 Å². The number of piperidine rings is 1. The number of β-amino-alcohol motifs (C(OH)–C–C–N with tert-alkyl or cyclic N) is 1. The van der Waals surface area contributed by atoms with Crippen LogP contribution in [0.4, 0.5) is 5.82 Å². The van der Waals surface area contributed by atoms with Crippen LogP contribution in [0.2, 0.25) is 5.15 Å². The molecule has 1 aromatic rings. The molecule has 5 heteroatoms. The van der Waals surface area contributed by atoms with Crippen LogP contribution in [0.3, 0.4) is 0 Å². The molecule has 1 N–H and O–H groups in total. The number of halogens is 1. The van der Waals surface area contributed by atoms with Crippen molar-refractivity contribution in [2.45, 2.75) is 25.4 Å². The molecule has 0 bridgehead atoms. The zero-order valence-corrected chi connectivity index (χ0v) is 9.41. The number of anilines is 1. The summed E-state index contributed by atoms with van der Waals surface area (Å²) in [4.78, 5) is 10.2. The van der Waals surface area contributed by atoms with E-state index in [9.17, 15) is 5.11 Å². The van der Waals surface area contributed by atoms with Gasteiger partial charge >= 0.3 is 0 Å². The number of aliphatic hydroxyl groups is 1. The van der Waals surface area contributed by atoms with Gasteiger partial charge in [0.2, 0.25) is 0 Å². The van der Waals surface area contributed by atoms with Crippen LogP contribution in [0.5, 0.6) is 0 Å². The van der Waals surface area contributed by atoms with Crippen molar-refractivity contribution in [1.82, 2.24) is 9.97 Å². The Morgan fingerprint density at radius 2 is 2.27 bits per heavy atom. The number of rotatable bonds is 1. The molecule has 0 saturated carbocycles. The van der Waals surface area contributed by atoms with Gasteiger partial charge in [-0.05, 0) is 19.8 Å². The third-order valence-corrected chi connectivity index (χ3v) is 2.80.